The average Bonchev–Trinajstić information content (AvgIpc) is 3.87. The van der Waals surface area contributed by atoms with Gasteiger partial charge in [-0.1, -0.05) is 37.6 Å². The molecule has 5 unspecified atom stereocenters. The third-order valence-electron chi connectivity index (χ3n) is 9.14. The van der Waals surface area contributed by atoms with Crippen molar-refractivity contribution >= 4 is 40.8 Å². The van der Waals surface area contributed by atoms with Crippen molar-refractivity contribution in [2.24, 2.45) is 5.73 Å². The van der Waals surface area contributed by atoms with Gasteiger partial charge in [-0.15, -0.1) is 0 Å². The van der Waals surface area contributed by atoms with Crippen LogP contribution in [0.4, 0.5) is 10.6 Å². The number of nitrogens with two attached hydrogens (primary N) is 1. The molecule has 0 saturated carbocycles. The number of imidazole rings is 1. The summed E-state index contributed by atoms with van der Waals surface area (Å²) < 4.78 is 37.0. The van der Waals surface area contributed by atoms with Crippen molar-refractivity contribution in [2.45, 2.75) is 83.1 Å². The summed E-state index contributed by atoms with van der Waals surface area (Å²) in [5.41, 5.74) is 8.11. The van der Waals surface area contributed by atoms with Crippen molar-refractivity contribution in [3.8, 4) is 11.5 Å². The fraction of sp³-hybridized carbons (Fsp3) is 0.447. The quantitative estimate of drug-likeness (QED) is 0.0970. The van der Waals surface area contributed by atoms with Crippen LogP contribution in [0.25, 0.3) is 11.2 Å². The zero-order valence-corrected chi connectivity index (χ0v) is 32.1. The van der Waals surface area contributed by atoms with Gasteiger partial charge in [0.2, 0.25) is 17.7 Å². The predicted octanol–water partition coefficient (Wildman–Crippen LogP) is 2.06. The molecule has 2 fully saturated rings. The molecule has 0 aliphatic carbocycles. The molecule has 19 nitrogen and oxygen atoms in total. The number of amides is 4. The maximum Gasteiger partial charge on any atom is 0.407 e. The Morgan fingerprint density at radius 2 is 1.65 bits per heavy atom. The van der Waals surface area contributed by atoms with Gasteiger partial charge in [0.25, 0.3) is 0 Å². The second kappa shape index (κ2) is 18.3. The molecule has 2 aliphatic rings. The van der Waals surface area contributed by atoms with E-state index in [1.165, 1.54) is 6.33 Å². The monoisotopic (exact) mass is 789 g/mol. The number of rotatable bonds is 18. The summed E-state index contributed by atoms with van der Waals surface area (Å²) in [7, 11) is 1.63. The van der Waals surface area contributed by atoms with Crippen LogP contribution in [0.15, 0.2) is 61.2 Å². The van der Waals surface area contributed by atoms with Crippen molar-refractivity contribution in [1.29, 1.82) is 0 Å². The number of hydrogen-bond donors (Lipinski definition) is 5. The Balaban J connectivity index is 1.03. The van der Waals surface area contributed by atoms with Crippen LogP contribution in [-0.2, 0) is 46.5 Å². The van der Waals surface area contributed by atoms with E-state index < -0.39 is 66.7 Å². The van der Waals surface area contributed by atoms with Crippen LogP contribution < -0.4 is 36.5 Å². The molecule has 6 rings (SSSR count). The van der Waals surface area contributed by atoms with E-state index in [0.717, 1.165) is 22.6 Å². The fourth-order valence-electron chi connectivity index (χ4n) is 6.42. The number of nitrogens with zero attached hydrogens (tertiary/aromatic N) is 4. The molecule has 0 bridgehead atoms. The Hall–Kier alpha value is -6.05. The van der Waals surface area contributed by atoms with E-state index in [4.69, 9.17) is 34.2 Å². The Kier molecular flexibility index (Phi) is 13.0. The largest absolute Gasteiger partial charge is 0.497 e. The van der Waals surface area contributed by atoms with Gasteiger partial charge in [-0.2, -0.15) is 0 Å². The minimum absolute atomic E-state index is 0.224. The van der Waals surface area contributed by atoms with Crippen LogP contribution in [0.1, 0.15) is 51.0 Å². The van der Waals surface area contributed by atoms with Gasteiger partial charge >= 0.3 is 6.09 Å². The number of primary amides is 1. The number of hydrogen-bond acceptors (Lipinski definition) is 14. The second-order valence-electron chi connectivity index (χ2n) is 13.9. The average molecular weight is 790 g/mol. The lowest BCUT2D eigenvalue weighted by Gasteiger charge is -2.24. The number of carbonyl (C=O) groups excluding carboxylic acids is 4. The number of aromatic nitrogens is 4. The lowest BCUT2D eigenvalue weighted by Crippen LogP contribution is -2.50. The summed E-state index contributed by atoms with van der Waals surface area (Å²) in [4.78, 5) is 62.0. The number of benzene rings is 2. The van der Waals surface area contributed by atoms with Gasteiger partial charge in [0.15, 0.2) is 29.0 Å². The van der Waals surface area contributed by atoms with Gasteiger partial charge in [0, 0.05) is 6.54 Å². The van der Waals surface area contributed by atoms with Crippen molar-refractivity contribution < 1.29 is 47.6 Å². The molecule has 2 saturated heterocycles. The van der Waals surface area contributed by atoms with Gasteiger partial charge in [-0.25, -0.2) is 19.7 Å². The van der Waals surface area contributed by atoms with Gasteiger partial charge < -0.3 is 55.4 Å². The van der Waals surface area contributed by atoms with Crippen molar-refractivity contribution in [3.63, 3.8) is 0 Å². The molecule has 4 amide bonds. The van der Waals surface area contributed by atoms with Crippen molar-refractivity contribution in [2.75, 3.05) is 32.1 Å². The van der Waals surface area contributed by atoms with Gasteiger partial charge in [-0.3, -0.25) is 19.0 Å². The Bertz CT molecular complexity index is 2030. The Morgan fingerprint density at radius 3 is 2.37 bits per heavy atom. The van der Waals surface area contributed by atoms with Gasteiger partial charge in [0.05, 0.1) is 20.0 Å². The minimum atomic E-state index is -0.955. The summed E-state index contributed by atoms with van der Waals surface area (Å²) in [6.45, 7) is 5.24. The third-order valence-corrected chi connectivity index (χ3v) is 9.14. The molecule has 0 spiro atoms. The highest BCUT2D eigenvalue weighted by Gasteiger charge is 2.56. The molecule has 0 radical (unpaired) electrons. The second-order valence-corrected chi connectivity index (χ2v) is 13.9. The van der Waals surface area contributed by atoms with E-state index in [2.05, 4.69) is 36.2 Å². The van der Waals surface area contributed by atoms with E-state index in [-0.39, 0.29) is 13.2 Å². The normalized spacial score (nSPS) is 19.9. The van der Waals surface area contributed by atoms with Gasteiger partial charge in [0.1, 0.15) is 61.9 Å². The number of anilines is 1. The summed E-state index contributed by atoms with van der Waals surface area (Å²) >= 11 is 0. The van der Waals surface area contributed by atoms with Crippen LogP contribution in [0.3, 0.4) is 0 Å². The third kappa shape index (κ3) is 10.4. The SMILES string of the molecule is CCCC(NC(=O)CNC(=O)OCC1OC(n2cnc3c(NCc4ccc(OCc5ccc(OC)cc5)cc4)ncnc32)C2OC(C)(C)OC12)C(=O)NCC(N)=O. The van der Waals surface area contributed by atoms with Crippen LogP contribution in [0.2, 0.25) is 0 Å². The smallest absolute Gasteiger partial charge is 0.407 e. The molecule has 19 heteroatoms. The predicted molar refractivity (Wildman–Crippen MR) is 203 cm³/mol. The van der Waals surface area contributed by atoms with E-state index >= 15 is 0 Å². The maximum absolute atomic E-state index is 12.6. The zero-order chi connectivity index (χ0) is 40.5. The first-order valence-corrected chi connectivity index (χ1v) is 18.5. The molecular weight excluding hydrogens is 742 g/mol. The topological polar surface area (TPSA) is 241 Å². The van der Waals surface area contributed by atoms with E-state index in [1.807, 2.05) is 55.5 Å². The molecule has 4 heterocycles. The lowest BCUT2D eigenvalue weighted by molar-refractivity contribution is -0.199. The first-order chi connectivity index (χ1) is 27.4. The van der Waals surface area contributed by atoms with Crippen LogP contribution in [0.5, 0.6) is 11.5 Å². The summed E-state index contributed by atoms with van der Waals surface area (Å²) in [6.07, 6.45) is 0.322. The summed E-state index contributed by atoms with van der Waals surface area (Å²) in [6, 6.07) is 14.6. The maximum atomic E-state index is 12.6. The number of ether oxygens (including phenoxy) is 6. The number of alkyl carbamates (subject to hydrolysis) is 1. The summed E-state index contributed by atoms with van der Waals surface area (Å²) in [5, 5.41) is 10.6. The van der Waals surface area contributed by atoms with E-state index in [1.54, 1.807) is 31.9 Å². The minimum Gasteiger partial charge on any atom is -0.497 e. The molecule has 2 aromatic carbocycles. The molecule has 4 aromatic rings. The molecular formula is C38H47N9O10. The first-order valence-electron chi connectivity index (χ1n) is 18.5. The number of methoxy groups -OCH3 is 1. The van der Waals surface area contributed by atoms with E-state index in [0.29, 0.717) is 43.0 Å². The standard InChI is InChI=1S/C38H47N9O10/c1-5-6-26(35(50)41-16-28(39)48)46-29(49)17-42-37(51)54-19-27-31-32(57-38(2,3)56-31)36(55-27)47-21-45-30-33(43-20-44-34(30)47)40-15-22-7-13-25(14-8-22)53-18-23-9-11-24(52-4)12-10-23/h7-14,20-21,26-27,31-32,36H,5-6,15-19H2,1-4H3,(H2,39,48)(H,41,50)(H,42,51)(H,46,49)(H,40,43,44). The van der Waals surface area contributed by atoms with Crippen LogP contribution in [0, 0.1) is 0 Å². The van der Waals surface area contributed by atoms with Crippen LogP contribution in [-0.4, -0.2) is 100 Å². The Morgan fingerprint density at radius 1 is 0.930 bits per heavy atom. The molecule has 57 heavy (non-hydrogen) atoms. The Labute approximate surface area is 328 Å². The van der Waals surface area contributed by atoms with Crippen molar-refractivity contribution in [1.82, 2.24) is 35.5 Å². The van der Waals surface area contributed by atoms with E-state index in [9.17, 15) is 19.2 Å². The highest BCUT2D eigenvalue weighted by Crippen LogP contribution is 2.44. The molecule has 304 valence electrons. The fourth-order valence-corrected chi connectivity index (χ4v) is 6.42. The number of nitrogens with one attached hydrogen (secondary N) is 4. The summed E-state index contributed by atoms with van der Waals surface area (Å²) in [5.74, 6) is -0.807. The van der Waals surface area contributed by atoms with Gasteiger partial charge in [-0.05, 0) is 55.7 Å². The molecule has 5 atom stereocenters. The first kappa shape index (κ1) is 40.6. The highest BCUT2D eigenvalue weighted by atomic mass is 16.8. The lowest BCUT2D eigenvalue weighted by atomic mass is 10.1. The molecule has 2 aliphatic heterocycles. The number of carbonyl (C=O) groups is 4. The zero-order valence-electron chi connectivity index (χ0n) is 32.1. The van der Waals surface area contributed by atoms with Crippen LogP contribution >= 0.6 is 0 Å². The molecule has 6 N–H and O–H groups in total. The number of fused-ring (bicyclic) bond motifs is 2. The highest BCUT2D eigenvalue weighted by molar-refractivity contribution is 5.91. The van der Waals surface area contributed by atoms with Crippen molar-refractivity contribution in [3.05, 3.63) is 72.3 Å². The molecule has 2 aromatic heterocycles.